The summed E-state index contributed by atoms with van der Waals surface area (Å²) in [5.41, 5.74) is 0.403. The fraction of sp³-hybridized carbons (Fsp3) is 0.200. The summed E-state index contributed by atoms with van der Waals surface area (Å²) in [6, 6.07) is 10.2. The number of ketones is 1. The first-order valence-electron chi connectivity index (χ1n) is 8.41. The molecular weight excluding hydrogens is 424 g/mol. The molecule has 0 fully saturated rings. The molecule has 0 unspecified atom stereocenters. The summed E-state index contributed by atoms with van der Waals surface area (Å²) in [5.74, 6) is -0.406. The van der Waals surface area contributed by atoms with Gasteiger partial charge in [0.15, 0.2) is 0 Å². The lowest BCUT2D eigenvalue weighted by Gasteiger charge is -2.16. The molecule has 2 aromatic heterocycles. The molecule has 2 heterocycles. The molecule has 0 aliphatic heterocycles. The Bertz CT molecular complexity index is 1200. The van der Waals surface area contributed by atoms with Gasteiger partial charge in [-0.05, 0) is 24.6 Å². The molecule has 1 N–H and O–H groups in total. The van der Waals surface area contributed by atoms with Gasteiger partial charge in [-0.3, -0.25) is 18.7 Å². The fourth-order valence-corrected chi connectivity index (χ4v) is 3.00. The highest BCUT2D eigenvalue weighted by Crippen LogP contribution is 2.15. The molecule has 8 heteroatoms. The minimum Gasteiger partial charge on any atom is -0.348 e. The molecule has 0 saturated heterocycles. The van der Waals surface area contributed by atoms with Crippen LogP contribution in [-0.2, 0) is 20.6 Å². The van der Waals surface area contributed by atoms with Crippen molar-refractivity contribution >= 4 is 22.8 Å². The number of rotatable bonds is 4. The quantitative estimate of drug-likeness (QED) is 0.618. The van der Waals surface area contributed by atoms with Crippen molar-refractivity contribution < 1.29 is 4.79 Å². The van der Waals surface area contributed by atoms with Gasteiger partial charge in [0.25, 0.3) is 5.56 Å². The van der Waals surface area contributed by atoms with Crippen molar-refractivity contribution in [2.75, 3.05) is 0 Å². The minimum absolute atomic E-state index is 0. The number of aromatic nitrogens is 3. The van der Waals surface area contributed by atoms with Gasteiger partial charge in [-0.25, -0.2) is 4.79 Å². The van der Waals surface area contributed by atoms with E-state index in [1.54, 1.807) is 61.3 Å². The molecule has 0 aliphatic rings. The van der Waals surface area contributed by atoms with Crippen LogP contribution in [-0.4, -0.2) is 19.5 Å². The number of nitrogens with one attached hydrogen (secondary N) is 1. The van der Waals surface area contributed by atoms with Crippen LogP contribution in [0.5, 0.6) is 0 Å². The van der Waals surface area contributed by atoms with E-state index in [1.165, 1.54) is 11.6 Å². The largest absolute Gasteiger partial charge is 0.348 e. The van der Waals surface area contributed by atoms with Crippen LogP contribution in [0.25, 0.3) is 0 Å². The third-order valence-corrected chi connectivity index (χ3v) is 4.63. The first-order chi connectivity index (χ1) is 12.8. The van der Waals surface area contributed by atoms with E-state index in [0.29, 0.717) is 16.6 Å². The van der Waals surface area contributed by atoms with Crippen molar-refractivity contribution in [3.05, 3.63) is 97.4 Å². The van der Waals surface area contributed by atoms with Gasteiger partial charge in [0.1, 0.15) is 5.56 Å². The Morgan fingerprint density at radius 1 is 1.00 bits per heavy atom. The molecule has 0 bridgehead atoms. The Hall–Kier alpha value is -3.00. The summed E-state index contributed by atoms with van der Waals surface area (Å²) in [4.78, 5) is 38.4. The Labute approximate surface area is 171 Å². The van der Waals surface area contributed by atoms with Gasteiger partial charge in [-0.2, -0.15) is 0 Å². The van der Waals surface area contributed by atoms with E-state index in [4.69, 9.17) is 5.41 Å². The number of benzene rings is 1. The summed E-state index contributed by atoms with van der Waals surface area (Å²) >= 11 is 0. The SMILES string of the molecule is Br.Cc1ccccc1C(=O)c1c(Cn2ccc(=N)cc2)n(C)c(=O)n(C)c1=O. The van der Waals surface area contributed by atoms with Crippen molar-refractivity contribution in [3.8, 4) is 0 Å². The molecule has 0 radical (unpaired) electrons. The van der Waals surface area contributed by atoms with Gasteiger partial charge < -0.3 is 9.98 Å². The maximum Gasteiger partial charge on any atom is 0.330 e. The van der Waals surface area contributed by atoms with E-state index in [-0.39, 0.29) is 29.1 Å². The van der Waals surface area contributed by atoms with Crippen LogP contribution in [0.2, 0.25) is 0 Å². The number of halogens is 1. The summed E-state index contributed by atoms with van der Waals surface area (Å²) in [7, 11) is 2.91. The summed E-state index contributed by atoms with van der Waals surface area (Å²) in [6.45, 7) is 1.97. The predicted molar refractivity (Wildman–Crippen MR) is 111 cm³/mol. The summed E-state index contributed by atoms with van der Waals surface area (Å²) in [6.07, 6.45) is 3.35. The molecule has 146 valence electrons. The van der Waals surface area contributed by atoms with Gasteiger partial charge >= 0.3 is 5.69 Å². The van der Waals surface area contributed by atoms with Crippen LogP contribution in [0.15, 0.2) is 58.4 Å². The maximum absolute atomic E-state index is 13.2. The highest BCUT2D eigenvalue weighted by atomic mass is 79.9. The highest BCUT2D eigenvalue weighted by Gasteiger charge is 2.24. The van der Waals surface area contributed by atoms with E-state index in [9.17, 15) is 14.4 Å². The lowest BCUT2D eigenvalue weighted by atomic mass is 9.98. The molecule has 0 atom stereocenters. The molecule has 3 rings (SSSR count). The first kappa shape index (κ1) is 21.3. The second-order valence-electron chi connectivity index (χ2n) is 6.43. The van der Waals surface area contributed by atoms with Gasteiger partial charge in [0.2, 0.25) is 5.78 Å². The average molecular weight is 445 g/mol. The average Bonchev–Trinajstić information content (AvgIpc) is 2.66. The molecule has 1 aromatic carbocycles. The molecule has 0 amide bonds. The zero-order valence-corrected chi connectivity index (χ0v) is 17.5. The number of carbonyl (C=O) groups is 1. The Morgan fingerprint density at radius 2 is 1.61 bits per heavy atom. The zero-order valence-electron chi connectivity index (χ0n) is 15.8. The Kier molecular flexibility index (Phi) is 6.35. The first-order valence-corrected chi connectivity index (χ1v) is 8.41. The summed E-state index contributed by atoms with van der Waals surface area (Å²) < 4.78 is 4.00. The van der Waals surface area contributed by atoms with Crippen molar-refractivity contribution in [2.45, 2.75) is 13.5 Å². The van der Waals surface area contributed by atoms with Crippen molar-refractivity contribution in [2.24, 2.45) is 14.1 Å². The molecular formula is C20H21BrN4O3. The van der Waals surface area contributed by atoms with Gasteiger partial charge in [-0.15, -0.1) is 17.0 Å². The predicted octanol–water partition coefficient (Wildman–Crippen LogP) is 1.53. The van der Waals surface area contributed by atoms with E-state index in [2.05, 4.69) is 0 Å². The van der Waals surface area contributed by atoms with Crippen molar-refractivity contribution in [1.29, 1.82) is 5.41 Å². The van der Waals surface area contributed by atoms with E-state index in [1.807, 2.05) is 6.07 Å². The Morgan fingerprint density at radius 3 is 2.21 bits per heavy atom. The van der Waals surface area contributed by atoms with Crippen LogP contribution >= 0.6 is 17.0 Å². The van der Waals surface area contributed by atoms with Crippen LogP contribution < -0.4 is 16.6 Å². The van der Waals surface area contributed by atoms with Crippen molar-refractivity contribution in [1.82, 2.24) is 13.7 Å². The third kappa shape index (κ3) is 3.82. The number of aryl methyl sites for hydroxylation is 1. The van der Waals surface area contributed by atoms with E-state index >= 15 is 0 Å². The lowest BCUT2D eigenvalue weighted by Crippen LogP contribution is -2.43. The third-order valence-electron chi connectivity index (χ3n) is 4.63. The molecule has 0 saturated carbocycles. The highest BCUT2D eigenvalue weighted by molar-refractivity contribution is 8.93. The van der Waals surface area contributed by atoms with Crippen LogP contribution in [0.3, 0.4) is 0 Å². The monoisotopic (exact) mass is 444 g/mol. The molecule has 28 heavy (non-hydrogen) atoms. The number of hydrogen-bond acceptors (Lipinski definition) is 4. The van der Waals surface area contributed by atoms with Crippen LogP contribution in [0, 0.1) is 12.3 Å². The number of carbonyl (C=O) groups excluding carboxylic acids is 1. The number of pyridine rings is 1. The zero-order chi connectivity index (χ0) is 19.7. The van der Waals surface area contributed by atoms with Crippen molar-refractivity contribution in [3.63, 3.8) is 0 Å². The number of hydrogen-bond donors (Lipinski definition) is 1. The van der Waals surface area contributed by atoms with Gasteiger partial charge in [-0.1, -0.05) is 24.3 Å². The molecule has 0 spiro atoms. The fourth-order valence-electron chi connectivity index (χ4n) is 3.00. The maximum atomic E-state index is 13.2. The molecule has 3 aromatic rings. The lowest BCUT2D eigenvalue weighted by molar-refractivity contribution is 0.103. The van der Waals surface area contributed by atoms with E-state index in [0.717, 1.165) is 10.1 Å². The summed E-state index contributed by atoms with van der Waals surface area (Å²) in [5, 5.41) is 7.93. The minimum atomic E-state index is -0.612. The van der Waals surface area contributed by atoms with Crippen LogP contribution in [0.4, 0.5) is 0 Å². The normalized spacial score (nSPS) is 10.4. The smallest absolute Gasteiger partial charge is 0.330 e. The van der Waals surface area contributed by atoms with E-state index < -0.39 is 17.0 Å². The Balaban J connectivity index is 0.00000280. The van der Waals surface area contributed by atoms with Gasteiger partial charge in [0, 0.05) is 32.1 Å². The topological polar surface area (TPSA) is 89.8 Å². The standard InChI is InChI=1S/C20H20N4O3.BrH/c1-13-6-4-5-7-15(13)18(25)17-16(12-24-10-8-14(21)9-11-24)22(2)20(27)23(3)19(17)26;/h4-11,21H,12H2,1-3H3;1H. The molecule has 0 aliphatic carbocycles. The second kappa shape index (κ2) is 8.35. The number of nitrogens with zero attached hydrogens (tertiary/aromatic N) is 3. The molecule has 7 nitrogen and oxygen atoms in total. The second-order valence-corrected chi connectivity index (χ2v) is 6.43. The van der Waals surface area contributed by atoms with Gasteiger partial charge in [0.05, 0.1) is 17.6 Å². The van der Waals surface area contributed by atoms with Crippen LogP contribution in [0.1, 0.15) is 27.2 Å².